The third-order valence-electron chi connectivity index (χ3n) is 3.38. The Morgan fingerprint density at radius 1 is 1.24 bits per heavy atom. The van der Waals surface area contributed by atoms with Gasteiger partial charge in [0, 0.05) is 13.7 Å². The van der Waals surface area contributed by atoms with Gasteiger partial charge in [0.15, 0.2) is 0 Å². The quantitative estimate of drug-likeness (QED) is 0.639. The lowest BCUT2D eigenvalue weighted by atomic mass is 10.2. The van der Waals surface area contributed by atoms with Gasteiger partial charge in [-0.3, -0.25) is 4.79 Å². The Bertz CT molecular complexity index is 430. The van der Waals surface area contributed by atoms with Crippen molar-refractivity contribution in [1.82, 2.24) is 10.6 Å². The van der Waals surface area contributed by atoms with Gasteiger partial charge in [-0.05, 0) is 43.0 Å². The van der Waals surface area contributed by atoms with Crippen molar-refractivity contribution in [3.8, 4) is 5.75 Å². The summed E-state index contributed by atoms with van der Waals surface area (Å²) in [5, 5.41) is 6.08. The fourth-order valence-electron chi connectivity index (χ4n) is 1.92. The molecule has 116 valence electrons. The van der Waals surface area contributed by atoms with Crippen molar-refractivity contribution in [1.29, 1.82) is 0 Å². The van der Waals surface area contributed by atoms with Crippen LogP contribution in [-0.4, -0.2) is 39.3 Å². The summed E-state index contributed by atoms with van der Waals surface area (Å²) in [5.41, 5.74) is 1.06. The van der Waals surface area contributed by atoms with Gasteiger partial charge >= 0.3 is 0 Å². The molecule has 5 heteroatoms. The van der Waals surface area contributed by atoms with Crippen molar-refractivity contribution in [3.05, 3.63) is 29.8 Å². The molecule has 1 aliphatic rings. The molecule has 1 aliphatic carbocycles. The van der Waals surface area contributed by atoms with E-state index in [1.165, 1.54) is 12.8 Å². The number of nitrogens with one attached hydrogen (secondary N) is 2. The molecule has 0 atom stereocenters. The van der Waals surface area contributed by atoms with E-state index in [0.29, 0.717) is 26.3 Å². The van der Waals surface area contributed by atoms with Crippen molar-refractivity contribution < 1.29 is 14.3 Å². The van der Waals surface area contributed by atoms with Crippen LogP contribution in [0.4, 0.5) is 0 Å². The van der Waals surface area contributed by atoms with Crippen LogP contribution in [0.5, 0.6) is 5.75 Å². The molecule has 1 aromatic rings. The van der Waals surface area contributed by atoms with Gasteiger partial charge in [0.1, 0.15) is 12.4 Å². The molecular weight excluding hydrogens is 268 g/mol. The smallest absolute Gasteiger partial charge is 0.234 e. The summed E-state index contributed by atoms with van der Waals surface area (Å²) in [4.78, 5) is 11.6. The zero-order valence-corrected chi connectivity index (χ0v) is 12.6. The fraction of sp³-hybridized carbons (Fsp3) is 0.562. The first kappa shape index (κ1) is 15.8. The summed E-state index contributed by atoms with van der Waals surface area (Å²) in [6.07, 6.45) is 2.60. The molecule has 0 aromatic heterocycles. The maximum Gasteiger partial charge on any atom is 0.234 e. The van der Waals surface area contributed by atoms with Crippen LogP contribution in [0.3, 0.4) is 0 Å². The number of carbonyl (C=O) groups excluding carboxylic acids is 1. The van der Waals surface area contributed by atoms with Crippen molar-refractivity contribution in [2.24, 2.45) is 5.92 Å². The number of benzene rings is 1. The number of hydrogen-bond acceptors (Lipinski definition) is 4. The average molecular weight is 292 g/mol. The minimum Gasteiger partial charge on any atom is -0.491 e. The predicted octanol–water partition coefficient (Wildman–Crippen LogP) is 1.33. The molecule has 5 nitrogen and oxygen atoms in total. The summed E-state index contributed by atoms with van der Waals surface area (Å²) >= 11 is 0. The summed E-state index contributed by atoms with van der Waals surface area (Å²) in [7, 11) is 1.65. The van der Waals surface area contributed by atoms with Crippen LogP contribution >= 0.6 is 0 Å². The monoisotopic (exact) mass is 292 g/mol. The molecule has 0 heterocycles. The normalized spacial score (nSPS) is 14.0. The Morgan fingerprint density at radius 2 is 2.00 bits per heavy atom. The second-order valence-corrected chi connectivity index (χ2v) is 5.34. The van der Waals surface area contributed by atoms with E-state index >= 15 is 0 Å². The van der Waals surface area contributed by atoms with E-state index < -0.39 is 0 Å². The molecule has 0 unspecified atom stereocenters. The number of ether oxygens (including phenoxy) is 2. The molecule has 1 aromatic carbocycles. The van der Waals surface area contributed by atoms with E-state index in [0.717, 1.165) is 23.8 Å². The highest BCUT2D eigenvalue weighted by atomic mass is 16.5. The maximum atomic E-state index is 11.6. The molecule has 2 N–H and O–H groups in total. The number of hydrogen-bond donors (Lipinski definition) is 2. The Balaban J connectivity index is 1.61. The highest BCUT2D eigenvalue weighted by Crippen LogP contribution is 2.27. The Labute approximate surface area is 126 Å². The van der Waals surface area contributed by atoms with Gasteiger partial charge in [0.2, 0.25) is 5.91 Å². The van der Waals surface area contributed by atoms with E-state index in [4.69, 9.17) is 9.47 Å². The van der Waals surface area contributed by atoms with Crippen molar-refractivity contribution in [2.45, 2.75) is 19.4 Å². The molecule has 1 amide bonds. The summed E-state index contributed by atoms with van der Waals surface area (Å²) in [6.45, 7) is 3.02. The lowest BCUT2D eigenvalue weighted by Crippen LogP contribution is -2.34. The minimum atomic E-state index is 0.0380. The third-order valence-corrected chi connectivity index (χ3v) is 3.38. The molecule has 0 radical (unpaired) electrons. The average Bonchev–Trinajstić information content (AvgIpc) is 3.31. The molecule has 1 saturated carbocycles. The van der Waals surface area contributed by atoms with Gasteiger partial charge in [-0.15, -0.1) is 0 Å². The number of methoxy groups -OCH3 is 1. The second-order valence-electron chi connectivity index (χ2n) is 5.34. The highest BCUT2D eigenvalue weighted by Gasteiger charge is 2.20. The molecule has 0 bridgehead atoms. The first-order valence-electron chi connectivity index (χ1n) is 7.46. The van der Waals surface area contributed by atoms with Gasteiger partial charge in [0.05, 0.1) is 13.2 Å². The van der Waals surface area contributed by atoms with E-state index in [1.54, 1.807) is 7.11 Å². The van der Waals surface area contributed by atoms with Crippen molar-refractivity contribution in [3.63, 3.8) is 0 Å². The Morgan fingerprint density at radius 3 is 2.67 bits per heavy atom. The largest absolute Gasteiger partial charge is 0.491 e. The van der Waals surface area contributed by atoms with Crippen LogP contribution in [-0.2, 0) is 16.1 Å². The molecule has 0 saturated heterocycles. The zero-order chi connectivity index (χ0) is 14.9. The highest BCUT2D eigenvalue weighted by molar-refractivity contribution is 5.77. The van der Waals surface area contributed by atoms with E-state index in [2.05, 4.69) is 10.6 Å². The van der Waals surface area contributed by atoms with Gasteiger partial charge in [0.25, 0.3) is 0 Å². The topological polar surface area (TPSA) is 59.6 Å². The van der Waals surface area contributed by atoms with Crippen molar-refractivity contribution >= 4 is 5.91 Å². The van der Waals surface area contributed by atoms with E-state index in [9.17, 15) is 4.79 Å². The number of carbonyl (C=O) groups is 1. The van der Waals surface area contributed by atoms with Crippen LogP contribution < -0.4 is 15.4 Å². The van der Waals surface area contributed by atoms with E-state index in [-0.39, 0.29) is 5.91 Å². The lowest BCUT2D eigenvalue weighted by Gasteiger charge is -2.08. The van der Waals surface area contributed by atoms with Gasteiger partial charge in [-0.1, -0.05) is 12.1 Å². The first-order valence-corrected chi connectivity index (χ1v) is 7.46. The van der Waals surface area contributed by atoms with Gasteiger partial charge < -0.3 is 20.1 Å². The lowest BCUT2D eigenvalue weighted by molar-refractivity contribution is -0.120. The van der Waals surface area contributed by atoms with E-state index in [1.807, 2.05) is 24.3 Å². The second kappa shape index (κ2) is 8.64. The number of amides is 1. The third kappa shape index (κ3) is 6.60. The van der Waals surface area contributed by atoms with Crippen LogP contribution in [0.2, 0.25) is 0 Å². The SMILES string of the molecule is COCCOc1ccc(CNC(=O)CNCC2CC2)cc1. The Hall–Kier alpha value is -1.59. The van der Waals surface area contributed by atoms with Crippen LogP contribution in [0.1, 0.15) is 18.4 Å². The van der Waals surface area contributed by atoms with Gasteiger partial charge in [-0.2, -0.15) is 0 Å². The van der Waals surface area contributed by atoms with Gasteiger partial charge in [-0.25, -0.2) is 0 Å². The Kier molecular flexibility index (Phi) is 6.50. The molecule has 21 heavy (non-hydrogen) atoms. The molecule has 0 aliphatic heterocycles. The summed E-state index contributed by atoms with van der Waals surface area (Å²) in [5.74, 6) is 1.65. The number of rotatable bonds is 10. The molecule has 1 fully saturated rings. The minimum absolute atomic E-state index is 0.0380. The fourth-order valence-corrected chi connectivity index (χ4v) is 1.92. The van der Waals surface area contributed by atoms with Crippen molar-refractivity contribution in [2.75, 3.05) is 33.4 Å². The van der Waals surface area contributed by atoms with Crippen LogP contribution in [0.25, 0.3) is 0 Å². The predicted molar refractivity (Wildman–Crippen MR) is 81.3 cm³/mol. The molecular formula is C16H24N2O3. The summed E-state index contributed by atoms with van der Waals surface area (Å²) < 4.78 is 10.4. The summed E-state index contributed by atoms with van der Waals surface area (Å²) in [6, 6.07) is 7.73. The maximum absolute atomic E-state index is 11.6. The standard InChI is InChI=1S/C16H24N2O3/c1-20-8-9-21-15-6-4-14(5-7-15)11-18-16(19)12-17-10-13-2-3-13/h4-7,13,17H,2-3,8-12H2,1H3,(H,18,19). The first-order chi connectivity index (χ1) is 10.3. The molecule has 2 rings (SSSR count). The zero-order valence-electron chi connectivity index (χ0n) is 12.6. The molecule has 0 spiro atoms. The van der Waals surface area contributed by atoms with Crippen LogP contribution in [0, 0.1) is 5.92 Å². The van der Waals surface area contributed by atoms with Crippen LogP contribution in [0.15, 0.2) is 24.3 Å².